The topological polar surface area (TPSA) is 29.7 Å². The van der Waals surface area contributed by atoms with Crippen molar-refractivity contribution in [3.63, 3.8) is 0 Å². The van der Waals surface area contributed by atoms with E-state index >= 15 is 0 Å². The number of nitriles is 1. The van der Waals surface area contributed by atoms with Crippen LogP contribution in [-0.2, 0) is 0 Å². The van der Waals surface area contributed by atoms with E-state index in [1.807, 2.05) is 0 Å². The molecule has 0 aromatic heterocycles. The lowest BCUT2D eigenvalue weighted by Gasteiger charge is -2.15. The van der Waals surface area contributed by atoms with Crippen LogP contribution in [0.2, 0.25) is 0 Å². The van der Waals surface area contributed by atoms with Crippen molar-refractivity contribution < 1.29 is 0 Å². The van der Waals surface area contributed by atoms with Gasteiger partial charge in [-0.25, -0.2) is 0 Å². The van der Waals surface area contributed by atoms with Crippen molar-refractivity contribution in [2.45, 2.75) is 12.8 Å². The molecule has 52 valence electrons. The minimum atomic E-state index is 0.303. The van der Waals surface area contributed by atoms with Gasteiger partial charge in [0.15, 0.2) is 6.54 Å². The molecule has 10 heavy (non-hydrogen) atoms. The van der Waals surface area contributed by atoms with Crippen LogP contribution in [0.5, 0.6) is 0 Å². The van der Waals surface area contributed by atoms with Gasteiger partial charge in [0.05, 0.1) is 6.07 Å². The van der Waals surface area contributed by atoms with Gasteiger partial charge >= 0.3 is 0 Å². The first-order chi connectivity index (χ1) is 4.88. The summed E-state index contributed by atoms with van der Waals surface area (Å²) in [7, 11) is 0. The molecule has 0 aromatic rings. The van der Waals surface area contributed by atoms with Crippen molar-refractivity contribution in [3.05, 3.63) is 6.54 Å². The summed E-state index contributed by atoms with van der Waals surface area (Å²) in [6.07, 6.45) is 2.38. The maximum atomic E-state index is 8.66. The minimum Gasteiger partial charge on any atom is -0.198 e. The van der Waals surface area contributed by atoms with Crippen LogP contribution in [0.4, 0.5) is 0 Å². The zero-order valence-electron chi connectivity index (χ0n) is 5.95. The molecule has 2 heteroatoms. The molecule has 0 N–H and O–H groups in total. The highest BCUT2D eigenvalue weighted by Crippen LogP contribution is 2.30. The second-order valence-corrected chi connectivity index (χ2v) is 3.25. The number of hydrogen-bond acceptors (Lipinski definition) is 2. The van der Waals surface area contributed by atoms with E-state index < -0.39 is 0 Å². The Morgan fingerprint density at radius 3 is 3.20 bits per heavy atom. The van der Waals surface area contributed by atoms with E-state index in [1.54, 1.807) is 0 Å². The van der Waals surface area contributed by atoms with Gasteiger partial charge in [0.2, 0.25) is 0 Å². The van der Waals surface area contributed by atoms with Gasteiger partial charge in [-0.3, -0.25) is 0 Å². The Morgan fingerprint density at radius 2 is 2.50 bits per heavy atom. The Balaban J connectivity index is 2.04. The summed E-state index contributed by atoms with van der Waals surface area (Å²) in [4.78, 5) is 2.29. The van der Waals surface area contributed by atoms with Crippen LogP contribution >= 0.6 is 0 Å². The van der Waals surface area contributed by atoms with E-state index in [0.29, 0.717) is 5.92 Å². The van der Waals surface area contributed by atoms with Crippen molar-refractivity contribution in [3.8, 4) is 6.07 Å². The van der Waals surface area contributed by atoms with Crippen molar-refractivity contribution in [2.75, 3.05) is 13.1 Å². The van der Waals surface area contributed by atoms with Crippen LogP contribution in [0.15, 0.2) is 0 Å². The molecular formula is C8H11N2+. The molecule has 2 rings (SSSR count). The maximum Gasteiger partial charge on any atom is 0.192 e. The lowest BCUT2D eigenvalue weighted by molar-refractivity contribution is 0.373. The largest absolute Gasteiger partial charge is 0.198 e. The number of nitrogens with zero attached hydrogens (tertiary/aromatic N) is 2. The summed E-state index contributed by atoms with van der Waals surface area (Å²) in [6.45, 7) is 4.46. The standard InChI is InChI=1S/C8H11N2/c9-4-8-3-7-1-2-10(5-7)6-8/h5,7-8H,1-3,6H2/q+1. The molecule has 2 saturated heterocycles. The minimum absolute atomic E-state index is 0.303. The van der Waals surface area contributed by atoms with Gasteiger partial charge in [0, 0.05) is 12.3 Å². The molecule has 0 saturated carbocycles. The van der Waals surface area contributed by atoms with E-state index in [0.717, 1.165) is 18.9 Å². The SMILES string of the molecule is N#CC1CC2[CH][N+](CC2)C1. The van der Waals surface area contributed by atoms with E-state index in [-0.39, 0.29) is 0 Å². The summed E-state index contributed by atoms with van der Waals surface area (Å²) < 4.78 is 0. The van der Waals surface area contributed by atoms with Crippen LogP contribution in [-0.4, -0.2) is 13.1 Å². The van der Waals surface area contributed by atoms with Gasteiger partial charge < -0.3 is 0 Å². The van der Waals surface area contributed by atoms with Crippen molar-refractivity contribution in [1.29, 1.82) is 5.26 Å². The van der Waals surface area contributed by atoms with Gasteiger partial charge in [0.25, 0.3) is 0 Å². The Bertz CT molecular complexity index is 159. The molecule has 2 fully saturated rings. The van der Waals surface area contributed by atoms with Gasteiger partial charge in [-0.1, -0.05) is 0 Å². The van der Waals surface area contributed by atoms with Gasteiger partial charge in [-0.15, -0.1) is 0 Å². The highest BCUT2D eigenvalue weighted by molar-refractivity contribution is 5.02. The van der Waals surface area contributed by atoms with E-state index in [4.69, 9.17) is 5.26 Å². The van der Waals surface area contributed by atoms with Gasteiger partial charge in [-0.2, -0.15) is 10.2 Å². The molecule has 2 aliphatic rings. The molecule has 0 aromatic carbocycles. The van der Waals surface area contributed by atoms with E-state index in [1.165, 1.54) is 13.0 Å². The second-order valence-electron chi connectivity index (χ2n) is 3.25. The maximum absolute atomic E-state index is 8.66. The molecule has 0 amide bonds. The van der Waals surface area contributed by atoms with E-state index in [2.05, 4.69) is 17.5 Å². The van der Waals surface area contributed by atoms with Crippen LogP contribution in [0.25, 0.3) is 0 Å². The number of piperidine rings is 1. The molecule has 3 atom stereocenters. The summed E-state index contributed by atoms with van der Waals surface area (Å²) in [6, 6.07) is 2.34. The summed E-state index contributed by atoms with van der Waals surface area (Å²) >= 11 is 0. The molecule has 0 aliphatic carbocycles. The molecule has 0 spiro atoms. The normalized spacial score (nSPS) is 44.9. The predicted octanol–water partition coefficient (Wildman–Crippen LogP) is 0.852. The zero-order valence-corrected chi connectivity index (χ0v) is 5.95. The number of fused-ring (bicyclic) bond motifs is 2. The van der Waals surface area contributed by atoms with Crippen LogP contribution in [0.3, 0.4) is 0 Å². The Morgan fingerprint density at radius 1 is 1.60 bits per heavy atom. The van der Waals surface area contributed by atoms with Crippen molar-refractivity contribution in [2.24, 2.45) is 11.8 Å². The first kappa shape index (κ1) is 6.18. The number of hydrogen-bond donors (Lipinski definition) is 0. The average Bonchev–Trinajstić information content (AvgIpc) is 2.30. The van der Waals surface area contributed by atoms with E-state index in [9.17, 15) is 0 Å². The summed E-state index contributed by atoms with van der Waals surface area (Å²) in [5.41, 5.74) is 0. The van der Waals surface area contributed by atoms with Crippen molar-refractivity contribution >= 4 is 0 Å². The fraction of sp³-hybridized carbons (Fsp3) is 0.750. The molecule has 2 heterocycles. The highest BCUT2D eigenvalue weighted by atomic mass is 15.2. The smallest absolute Gasteiger partial charge is 0.192 e. The lowest BCUT2D eigenvalue weighted by Crippen LogP contribution is -2.33. The fourth-order valence-corrected chi connectivity index (χ4v) is 1.93. The first-order valence-corrected chi connectivity index (χ1v) is 3.87. The quantitative estimate of drug-likeness (QED) is 0.453. The van der Waals surface area contributed by atoms with Crippen LogP contribution in [0, 0.1) is 29.7 Å². The van der Waals surface area contributed by atoms with Gasteiger partial charge in [0.1, 0.15) is 19.0 Å². The third kappa shape index (κ3) is 0.911. The second kappa shape index (κ2) is 2.25. The van der Waals surface area contributed by atoms with Gasteiger partial charge in [-0.05, 0) is 6.42 Å². The molecule has 2 aliphatic heterocycles. The Hall–Kier alpha value is -0.550. The highest BCUT2D eigenvalue weighted by Gasteiger charge is 2.40. The molecule has 2 nitrogen and oxygen atoms in total. The third-order valence-corrected chi connectivity index (χ3v) is 2.43. The Labute approximate surface area is 61.4 Å². The molecular weight excluding hydrogens is 124 g/mol. The Kier molecular flexibility index (Phi) is 1.39. The first-order valence-electron chi connectivity index (χ1n) is 3.87. The molecule has 3 unspecified atom stereocenters. The molecule has 2 bridgehead atoms. The summed E-state index contributed by atoms with van der Waals surface area (Å²) in [5, 5.41) is 8.66. The summed E-state index contributed by atoms with van der Waals surface area (Å²) in [5.74, 6) is 1.02. The lowest BCUT2D eigenvalue weighted by atomic mass is 9.93. The molecule has 2 radical (unpaired) electrons. The monoisotopic (exact) mass is 135 g/mol. The van der Waals surface area contributed by atoms with Crippen molar-refractivity contribution in [1.82, 2.24) is 4.90 Å². The fourth-order valence-electron chi connectivity index (χ4n) is 1.93. The predicted molar refractivity (Wildman–Crippen MR) is 38.0 cm³/mol. The number of rotatable bonds is 0. The third-order valence-electron chi connectivity index (χ3n) is 2.43. The van der Waals surface area contributed by atoms with Crippen LogP contribution < -0.4 is 4.90 Å². The van der Waals surface area contributed by atoms with Crippen LogP contribution in [0.1, 0.15) is 12.8 Å². The zero-order chi connectivity index (χ0) is 6.97. The average molecular weight is 135 g/mol.